The van der Waals surface area contributed by atoms with Crippen molar-refractivity contribution >= 4 is 12.6 Å². The predicted molar refractivity (Wildman–Crippen MR) is 27.3 cm³/mol. The molecular formula is C4H6S. The monoisotopic (exact) mass is 86.0 g/mol. The molecule has 0 aliphatic rings. The first-order valence-electron chi connectivity index (χ1n) is 1.13. The van der Waals surface area contributed by atoms with E-state index in [0.29, 0.717) is 0 Å². The quantitative estimate of drug-likeness (QED) is 0.359. The highest BCUT2D eigenvalue weighted by atomic mass is 32.1. The lowest BCUT2D eigenvalue weighted by molar-refractivity contribution is 1.85. The van der Waals surface area contributed by atoms with Crippen molar-refractivity contribution in [3.05, 3.63) is 20.1 Å². The van der Waals surface area contributed by atoms with Crippen LogP contribution in [-0.2, 0) is 0 Å². The molecule has 0 aromatic carbocycles. The predicted octanol–water partition coefficient (Wildman–Crippen LogP) is 1.18. The second-order valence-electron chi connectivity index (χ2n) is 0.471. The largest absolute Gasteiger partial charge is 0.175 e. The van der Waals surface area contributed by atoms with Gasteiger partial charge in [-0.05, 0) is 0 Å². The van der Waals surface area contributed by atoms with Crippen LogP contribution in [0.4, 0.5) is 0 Å². The molecule has 0 aromatic rings. The molecule has 0 heterocycles. The van der Waals surface area contributed by atoms with E-state index in [2.05, 4.69) is 19.2 Å². The van der Waals surface area contributed by atoms with E-state index in [1.807, 2.05) is 0 Å². The van der Waals surface area contributed by atoms with Gasteiger partial charge < -0.3 is 0 Å². The Labute approximate surface area is 39.3 Å². The van der Waals surface area contributed by atoms with Crippen molar-refractivity contribution in [2.75, 3.05) is 5.75 Å². The fraction of sp³-hybridized carbons (Fsp3) is 0.250. The summed E-state index contributed by atoms with van der Waals surface area (Å²) in [4.78, 5) is 0. The van der Waals surface area contributed by atoms with E-state index >= 15 is 0 Å². The minimum absolute atomic E-state index is 0. The smallest absolute Gasteiger partial charge is 0.00799 e. The number of hydrogen-bond acceptors (Lipinski definition) is 1. The van der Waals surface area contributed by atoms with Crippen LogP contribution in [0.5, 0.6) is 0 Å². The molecule has 28 valence electrons. The molecule has 0 unspecified atom stereocenters. The van der Waals surface area contributed by atoms with E-state index in [1.54, 1.807) is 6.08 Å². The third kappa shape index (κ3) is 15.0. The van der Waals surface area contributed by atoms with Crippen molar-refractivity contribution < 1.29 is 0 Å². The van der Waals surface area contributed by atoms with Crippen LogP contribution < -0.4 is 0 Å². The molecule has 0 saturated heterocycles. The van der Waals surface area contributed by atoms with Gasteiger partial charge in [0.2, 0.25) is 0 Å². The summed E-state index contributed by atoms with van der Waals surface area (Å²) < 4.78 is 0. The van der Waals surface area contributed by atoms with Gasteiger partial charge in [-0.2, -0.15) is 12.6 Å². The second kappa shape index (κ2) is 8.94. The molecule has 5 heavy (non-hydrogen) atoms. The Morgan fingerprint density at radius 1 is 1.80 bits per heavy atom. The third-order valence-corrected chi connectivity index (χ3v) is 0.387. The van der Waals surface area contributed by atoms with Gasteiger partial charge >= 0.3 is 0 Å². The molecule has 0 saturated carbocycles. The number of hydrogen-bond donors (Lipinski definition) is 1. The van der Waals surface area contributed by atoms with Gasteiger partial charge in [0.15, 0.2) is 0 Å². The van der Waals surface area contributed by atoms with Crippen molar-refractivity contribution in [3.63, 3.8) is 0 Å². The minimum atomic E-state index is 0. The molecule has 0 N–H and O–H groups in total. The van der Waals surface area contributed by atoms with E-state index in [-0.39, 0.29) is 7.43 Å². The summed E-state index contributed by atoms with van der Waals surface area (Å²) in [5, 5.41) is 0. The van der Waals surface area contributed by atoms with E-state index in [9.17, 15) is 0 Å². The Hall–Kier alpha value is 0.0900. The lowest BCUT2D eigenvalue weighted by atomic mass is 10.8. The Morgan fingerprint density at radius 3 is 2.00 bits per heavy atom. The second-order valence-corrected chi connectivity index (χ2v) is 0.836. The standard InChI is InChI=1S/C3H6S.C/c1-2-3-4;/h2,4H,1,3H2;. The van der Waals surface area contributed by atoms with E-state index in [0.717, 1.165) is 5.75 Å². The van der Waals surface area contributed by atoms with Gasteiger partial charge in [0.1, 0.15) is 0 Å². The Morgan fingerprint density at radius 2 is 2.00 bits per heavy atom. The maximum absolute atomic E-state index is 3.80. The lowest BCUT2D eigenvalue weighted by Gasteiger charge is -1.57. The maximum atomic E-state index is 3.80. The van der Waals surface area contributed by atoms with Crippen LogP contribution in [0.1, 0.15) is 0 Å². The van der Waals surface area contributed by atoms with Crippen molar-refractivity contribution in [2.24, 2.45) is 0 Å². The summed E-state index contributed by atoms with van der Waals surface area (Å²) in [5.41, 5.74) is 0. The molecule has 0 aromatic heterocycles. The third-order valence-electron chi connectivity index (χ3n) is 0.129. The van der Waals surface area contributed by atoms with Gasteiger partial charge in [-0.1, -0.05) is 6.08 Å². The van der Waals surface area contributed by atoms with Crippen molar-refractivity contribution in [2.45, 2.75) is 0 Å². The van der Waals surface area contributed by atoms with Gasteiger partial charge in [-0.15, -0.1) is 6.58 Å². The fourth-order valence-electron chi connectivity index (χ4n) is 0. The van der Waals surface area contributed by atoms with E-state index < -0.39 is 0 Å². The molecule has 0 atom stereocenters. The van der Waals surface area contributed by atoms with Crippen molar-refractivity contribution in [1.29, 1.82) is 0 Å². The first-order valence-corrected chi connectivity index (χ1v) is 1.77. The van der Waals surface area contributed by atoms with Gasteiger partial charge in [0, 0.05) is 13.2 Å². The van der Waals surface area contributed by atoms with Gasteiger partial charge in [-0.3, -0.25) is 0 Å². The van der Waals surface area contributed by atoms with Crippen molar-refractivity contribution in [3.8, 4) is 0 Å². The molecule has 0 fully saturated rings. The summed E-state index contributed by atoms with van der Waals surface area (Å²) in [7, 11) is 0. The topological polar surface area (TPSA) is 0 Å². The summed E-state index contributed by atoms with van der Waals surface area (Å²) in [6.07, 6.45) is 1.74. The number of rotatable bonds is 1. The zero-order valence-corrected chi connectivity index (χ0v) is 3.83. The van der Waals surface area contributed by atoms with Crippen LogP contribution in [0.15, 0.2) is 12.7 Å². The number of thiol groups is 1. The highest BCUT2D eigenvalue weighted by molar-refractivity contribution is 7.80. The maximum Gasteiger partial charge on any atom is 0.00799 e. The van der Waals surface area contributed by atoms with Crippen LogP contribution in [-0.4, -0.2) is 5.75 Å². The molecule has 0 bridgehead atoms. The highest BCUT2D eigenvalue weighted by Gasteiger charge is 1.45. The van der Waals surface area contributed by atoms with E-state index in [1.165, 1.54) is 0 Å². The molecule has 4 radical (unpaired) electrons. The summed E-state index contributed by atoms with van der Waals surface area (Å²) in [5.74, 6) is 0.778. The van der Waals surface area contributed by atoms with Crippen LogP contribution >= 0.6 is 12.6 Å². The van der Waals surface area contributed by atoms with Gasteiger partial charge in [-0.25, -0.2) is 0 Å². The Balaban J connectivity index is 0. The van der Waals surface area contributed by atoms with Crippen LogP contribution in [0.25, 0.3) is 0 Å². The Bertz CT molecular complexity index is 17.6. The molecule has 0 nitrogen and oxygen atoms in total. The lowest BCUT2D eigenvalue weighted by Crippen LogP contribution is -1.45. The molecule has 0 spiro atoms. The first-order chi connectivity index (χ1) is 1.91. The summed E-state index contributed by atoms with van der Waals surface area (Å²) in [6, 6.07) is 0. The molecule has 0 rings (SSSR count). The van der Waals surface area contributed by atoms with Crippen LogP contribution in [0.3, 0.4) is 0 Å². The molecule has 0 aliphatic carbocycles. The summed E-state index contributed by atoms with van der Waals surface area (Å²) >= 11 is 3.80. The average Bonchev–Trinajstić information content (AvgIpc) is 1.37. The average molecular weight is 86.2 g/mol. The molecular weight excluding hydrogens is 80.1 g/mol. The van der Waals surface area contributed by atoms with Crippen LogP contribution in [0, 0.1) is 7.43 Å². The normalized spacial score (nSPS) is 5.00. The zero-order valence-electron chi connectivity index (χ0n) is 2.94. The van der Waals surface area contributed by atoms with Crippen LogP contribution in [0.2, 0.25) is 0 Å². The summed E-state index contributed by atoms with van der Waals surface area (Å²) in [6.45, 7) is 3.40. The highest BCUT2D eigenvalue weighted by Crippen LogP contribution is 1.65. The van der Waals surface area contributed by atoms with Gasteiger partial charge in [0.25, 0.3) is 0 Å². The van der Waals surface area contributed by atoms with Crippen molar-refractivity contribution in [1.82, 2.24) is 0 Å². The molecule has 1 heteroatoms. The SMILES string of the molecule is C=CCS.[C]. The zero-order chi connectivity index (χ0) is 3.41. The Kier molecular flexibility index (Phi) is 15.9. The first kappa shape index (κ1) is 8.92. The van der Waals surface area contributed by atoms with Gasteiger partial charge in [0.05, 0.1) is 0 Å². The molecule has 0 amide bonds. The van der Waals surface area contributed by atoms with E-state index in [4.69, 9.17) is 0 Å². The minimum Gasteiger partial charge on any atom is -0.175 e. The fourth-order valence-corrected chi connectivity index (χ4v) is 0. The molecule has 0 aliphatic heterocycles.